The number of benzene rings is 1. The molecule has 28 nitrogen and oxygen atoms in total. The van der Waals surface area contributed by atoms with Crippen molar-refractivity contribution in [3.63, 3.8) is 0 Å². The number of hydrogen-bond donors (Lipinski definition) is 15. The molecule has 1 aliphatic rings. The molecule has 1 aromatic carbocycles. The Morgan fingerprint density at radius 3 is 1.76 bits per heavy atom. The molecule has 1 aliphatic heterocycles. The summed E-state index contributed by atoms with van der Waals surface area (Å²) in [7, 11) is 0. The second kappa shape index (κ2) is 41.4. The number of carbonyl (C=O) groups is 12. The summed E-state index contributed by atoms with van der Waals surface area (Å²) in [6.07, 6.45) is -4.37. The zero-order chi connectivity index (χ0) is 66.0. The van der Waals surface area contributed by atoms with Gasteiger partial charge in [-0.1, -0.05) is 63.9 Å². The zero-order valence-corrected chi connectivity index (χ0v) is 52.1. The van der Waals surface area contributed by atoms with E-state index in [0.29, 0.717) is 12.0 Å². The summed E-state index contributed by atoms with van der Waals surface area (Å²) in [5.41, 5.74) is 30.1. The van der Waals surface area contributed by atoms with Crippen LogP contribution in [0.3, 0.4) is 0 Å². The third-order valence-corrected chi connectivity index (χ3v) is 15.0. The van der Waals surface area contributed by atoms with Gasteiger partial charge in [0.1, 0.15) is 24.2 Å². The van der Waals surface area contributed by atoms with E-state index in [9.17, 15) is 67.7 Å². The average Bonchev–Trinajstić information content (AvgIpc) is 3.25. The summed E-state index contributed by atoms with van der Waals surface area (Å²) in [4.78, 5) is 167. The highest BCUT2D eigenvalue weighted by Gasteiger charge is 2.38. The van der Waals surface area contributed by atoms with Gasteiger partial charge in [-0.2, -0.15) is 0 Å². The fraction of sp³-hybridized carbons (Fsp3) is 0.700. The first-order valence-electron chi connectivity index (χ1n) is 30.8. The van der Waals surface area contributed by atoms with E-state index in [1.165, 1.54) is 13.8 Å². The predicted molar refractivity (Wildman–Crippen MR) is 326 cm³/mol. The van der Waals surface area contributed by atoms with Crippen molar-refractivity contribution in [1.82, 2.24) is 42.5 Å². The summed E-state index contributed by atoms with van der Waals surface area (Å²) < 4.78 is 5.36. The van der Waals surface area contributed by atoms with Gasteiger partial charge < -0.3 is 86.2 Å². The highest BCUT2D eigenvalue weighted by atomic mass is 16.5. The molecule has 3 unspecified atom stereocenters. The monoisotopic (exact) mass is 1240 g/mol. The second-order valence-electron chi connectivity index (χ2n) is 23.1. The molecule has 0 aromatic heterocycles. The van der Waals surface area contributed by atoms with Crippen LogP contribution < -0.4 is 71.2 Å². The molecule has 0 radical (unpaired) electrons. The molecule has 1 saturated heterocycles. The smallest absolute Gasteiger partial charge is 0.306 e. The number of unbranched alkanes of at least 4 members (excludes halogenated alkanes) is 1. The largest absolute Gasteiger partial charge is 0.463 e. The number of nitrogens with one attached hydrogen (secondary N) is 8. The van der Waals surface area contributed by atoms with Crippen molar-refractivity contribution in [3.8, 4) is 0 Å². The maximum atomic E-state index is 14.6. The summed E-state index contributed by atoms with van der Waals surface area (Å²) in [5.74, 6) is -13.8. The molecular weight excluding hydrogens is 1140 g/mol. The van der Waals surface area contributed by atoms with E-state index < -0.39 is 169 Å². The molecular formula is C60H101N13O15. The van der Waals surface area contributed by atoms with Crippen LogP contribution >= 0.6 is 0 Å². The molecule has 28 heteroatoms. The molecule has 1 fully saturated rings. The van der Waals surface area contributed by atoms with Crippen LogP contribution in [-0.2, 0) is 68.7 Å². The summed E-state index contributed by atoms with van der Waals surface area (Å²) in [5, 5.41) is 42.6. The fourth-order valence-corrected chi connectivity index (χ4v) is 9.96. The van der Waals surface area contributed by atoms with Crippen molar-refractivity contribution < 1.29 is 72.5 Å². The highest BCUT2D eigenvalue weighted by Crippen LogP contribution is 2.19. The third-order valence-electron chi connectivity index (χ3n) is 15.0. The molecule has 13 atom stereocenters. The lowest BCUT2D eigenvalue weighted by atomic mass is 9.90. The number of nitrogens with two attached hydrogens (primary N) is 5. The lowest BCUT2D eigenvalue weighted by Crippen LogP contribution is -2.59. The summed E-state index contributed by atoms with van der Waals surface area (Å²) in [6.45, 7) is 8.80. The normalized spacial score (nSPS) is 22.6. The van der Waals surface area contributed by atoms with Gasteiger partial charge in [0.2, 0.25) is 47.3 Å². The first-order chi connectivity index (χ1) is 41.7. The van der Waals surface area contributed by atoms with Crippen molar-refractivity contribution in [1.29, 1.82) is 0 Å². The van der Waals surface area contributed by atoms with Crippen LogP contribution in [0, 0.1) is 23.7 Å². The number of hydrogen-bond acceptors (Lipinski definition) is 20. The van der Waals surface area contributed by atoms with Gasteiger partial charge in [-0.25, -0.2) is 0 Å². The van der Waals surface area contributed by atoms with Crippen molar-refractivity contribution in [2.24, 2.45) is 52.3 Å². The van der Waals surface area contributed by atoms with Crippen LogP contribution in [-0.4, -0.2) is 181 Å². The number of ketones is 3. The van der Waals surface area contributed by atoms with Crippen LogP contribution in [0.1, 0.15) is 143 Å². The van der Waals surface area contributed by atoms with Crippen LogP contribution in [0.2, 0.25) is 0 Å². The van der Waals surface area contributed by atoms with E-state index in [4.69, 9.17) is 33.4 Å². The molecule has 20 N–H and O–H groups in total. The van der Waals surface area contributed by atoms with Crippen LogP contribution in [0.5, 0.6) is 0 Å². The zero-order valence-electron chi connectivity index (χ0n) is 52.1. The van der Waals surface area contributed by atoms with Gasteiger partial charge in [0.25, 0.3) is 0 Å². The molecule has 0 spiro atoms. The van der Waals surface area contributed by atoms with Gasteiger partial charge >= 0.3 is 5.97 Å². The number of amides is 8. The average molecular weight is 1240 g/mol. The van der Waals surface area contributed by atoms with E-state index in [0.717, 1.165) is 12.8 Å². The second-order valence-corrected chi connectivity index (χ2v) is 23.1. The summed E-state index contributed by atoms with van der Waals surface area (Å²) >= 11 is 0. The summed E-state index contributed by atoms with van der Waals surface area (Å²) in [6, 6.07) is -1.10. The Labute approximate surface area is 516 Å². The van der Waals surface area contributed by atoms with E-state index in [1.54, 1.807) is 51.1 Å². The Kier molecular flexibility index (Phi) is 36.4. The Morgan fingerprint density at radius 2 is 1.18 bits per heavy atom. The molecule has 88 heavy (non-hydrogen) atoms. The fourth-order valence-electron chi connectivity index (χ4n) is 9.96. The third kappa shape index (κ3) is 28.1. The molecule has 1 heterocycles. The topological polar surface area (TPSA) is 481 Å². The number of ether oxygens (including phenoxy) is 1. The van der Waals surface area contributed by atoms with Gasteiger partial charge in [-0.15, -0.1) is 0 Å². The van der Waals surface area contributed by atoms with Crippen molar-refractivity contribution in [2.75, 3.05) is 39.3 Å². The van der Waals surface area contributed by atoms with E-state index in [-0.39, 0.29) is 109 Å². The standard InChI is InChI=1S/C60H101N13O15/c1-7-8-12-35(4)88-52(80)16-15-51(79)67-42(18-24-62)50(78)33-41(36(5)74)56(83)68-43(19-25-63)49(77)32-40-22-28-66-60(87)53(37(6)75)73-55(82)39(17-23-61)31-48(76)44(20-26-64)69-58(85)46(29-34(2)3)71-59(86)47(30-38-13-10-9-11-14-38)72-57(84)45(21-27-65)70-54(40)81/h9-11,13-14,34-37,39-47,53,74-75H,7-8,12,15-33,61-65H2,1-6H3,(H,66,87)(H,67,79)(H,68,83)(H,69,85)(H,70,81)(H,71,86)(H,72,84)(H,73,82)/t35?,36?,37?,39-,40-,41+,42+,43+,44+,45+,46+,47-,53+/m1/s1. The number of aliphatic hydroxyl groups is 2. The molecule has 2 rings (SSSR count). The van der Waals surface area contributed by atoms with Crippen molar-refractivity contribution in [2.45, 2.75) is 205 Å². The maximum Gasteiger partial charge on any atom is 0.306 e. The number of carbonyl (C=O) groups excluding carboxylic acids is 12. The maximum absolute atomic E-state index is 14.6. The van der Waals surface area contributed by atoms with Crippen LogP contribution in [0.4, 0.5) is 0 Å². The lowest BCUT2D eigenvalue weighted by Gasteiger charge is -2.28. The number of Topliss-reactive ketones (excluding diaryl/α,β-unsaturated/α-hetero) is 3. The Bertz CT molecular complexity index is 2430. The molecule has 0 bridgehead atoms. The first kappa shape index (κ1) is 77.3. The van der Waals surface area contributed by atoms with E-state index >= 15 is 0 Å². The van der Waals surface area contributed by atoms with Crippen molar-refractivity contribution >= 4 is 70.6 Å². The highest BCUT2D eigenvalue weighted by molar-refractivity contribution is 5.99. The van der Waals surface area contributed by atoms with Gasteiger partial charge in [0.05, 0.1) is 48.8 Å². The molecule has 1 aromatic rings. The quantitative estimate of drug-likeness (QED) is 0.0327. The lowest BCUT2D eigenvalue weighted by molar-refractivity contribution is -0.149. The number of rotatable bonds is 32. The van der Waals surface area contributed by atoms with Gasteiger partial charge in [-0.3, -0.25) is 57.5 Å². The van der Waals surface area contributed by atoms with Crippen molar-refractivity contribution in [3.05, 3.63) is 35.9 Å². The minimum Gasteiger partial charge on any atom is -0.463 e. The van der Waals surface area contributed by atoms with Gasteiger partial charge in [0.15, 0.2) is 17.3 Å². The van der Waals surface area contributed by atoms with Gasteiger partial charge in [-0.05, 0) is 116 Å². The molecule has 0 saturated carbocycles. The Balaban J connectivity index is 2.65. The first-order valence-corrected chi connectivity index (χ1v) is 30.8. The SMILES string of the molecule is CCCCC(C)OC(=O)CCC(=O)N[C@@H](CCN)C(=O)C[C@H](C(=O)N[C@@H](CCN)C(=O)C[C@H]1CCNC(=O)[C@H](C(C)O)NC(=O)[C@H](CCN)CC(=O)[C@H](CCN)NC(=O)[C@H](CC(C)C)NC(=O)[C@@H](Cc2ccccc2)NC(=O)[C@H](CCN)NC1=O)C(C)O. The van der Waals surface area contributed by atoms with E-state index in [2.05, 4.69) is 42.5 Å². The van der Waals surface area contributed by atoms with Gasteiger partial charge in [0, 0.05) is 50.5 Å². The molecule has 496 valence electrons. The Hall–Kier alpha value is -6.82. The minimum atomic E-state index is -1.64. The predicted octanol–water partition coefficient (Wildman–Crippen LogP) is -2.68. The van der Waals surface area contributed by atoms with Crippen LogP contribution in [0.15, 0.2) is 30.3 Å². The minimum absolute atomic E-state index is 0.0617. The molecule has 8 amide bonds. The Morgan fingerprint density at radius 1 is 0.625 bits per heavy atom. The number of esters is 1. The van der Waals surface area contributed by atoms with Crippen LogP contribution in [0.25, 0.3) is 0 Å². The number of aliphatic hydroxyl groups excluding tert-OH is 2. The van der Waals surface area contributed by atoms with E-state index in [1.807, 2.05) is 6.92 Å². The molecule has 0 aliphatic carbocycles.